The number of nitrogens with zero attached hydrogens (tertiary/aromatic N) is 2. The number of fused-ring (bicyclic) bond motifs is 1. The predicted molar refractivity (Wildman–Crippen MR) is 125 cm³/mol. The van der Waals surface area contributed by atoms with Crippen molar-refractivity contribution in [2.75, 3.05) is 26.2 Å². The number of ether oxygens (including phenoxy) is 2. The first-order valence-corrected chi connectivity index (χ1v) is 11.9. The van der Waals surface area contributed by atoms with Crippen LogP contribution in [0.4, 0.5) is 0 Å². The van der Waals surface area contributed by atoms with Gasteiger partial charge in [-0.2, -0.15) is 0 Å². The molecule has 1 unspecified atom stereocenters. The number of nitrogens with one attached hydrogen (secondary N) is 1. The third kappa shape index (κ3) is 4.77. The Morgan fingerprint density at radius 3 is 2.43 bits per heavy atom. The molecule has 182 valence electrons. The summed E-state index contributed by atoms with van der Waals surface area (Å²) in [5.41, 5.74) is 1.22. The van der Waals surface area contributed by atoms with Gasteiger partial charge in [0.25, 0.3) is 11.8 Å². The largest absolute Gasteiger partial charge is 0.492 e. The molecule has 3 aliphatic heterocycles. The Bertz CT molecular complexity index is 1160. The smallest absolute Gasteiger partial charge is 0.266 e. The van der Waals surface area contributed by atoms with Crippen molar-refractivity contribution < 1.29 is 28.7 Å². The minimum atomic E-state index is -1.01. The topological polar surface area (TPSA) is 105 Å². The Labute approximate surface area is 203 Å². The van der Waals surface area contributed by atoms with Gasteiger partial charge in [0.15, 0.2) is 0 Å². The highest BCUT2D eigenvalue weighted by Gasteiger charge is 2.46. The van der Waals surface area contributed by atoms with E-state index in [2.05, 4.69) is 10.2 Å². The third-order valence-electron chi connectivity index (χ3n) is 6.62. The number of imide groups is 2. The molecule has 1 atom stereocenters. The number of carbonyl (C=O) groups excluding carboxylic acids is 4. The van der Waals surface area contributed by atoms with Crippen LogP contribution < -0.4 is 14.8 Å². The molecule has 9 nitrogen and oxygen atoms in total. The van der Waals surface area contributed by atoms with Gasteiger partial charge in [-0.05, 0) is 62.2 Å². The highest BCUT2D eigenvalue weighted by molar-refractivity contribution is 6.24. The molecule has 1 N–H and O–H groups in total. The van der Waals surface area contributed by atoms with Gasteiger partial charge in [-0.1, -0.05) is 18.2 Å². The molecule has 35 heavy (non-hydrogen) atoms. The zero-order valence-corrected chi connectivity index (χ0v) is 19.3. The van der Waals surface area contributed by atoms with Gasteiger partial charge in [0, 0.05) is 13.0 Å². The van der Waals surface area contributed by atoms with Gasteiger partial charge in [-0.15, -0.1) is 0 Å². The van der Waals surface area contributed by atoms with Gasteiger partial charge in [-0.25, -0.2) is 0 Å². The van der Waals surface area contributed by atoms with Crippen molar-refractivity contribution in [1.29, 1.82) is 0 Å². The fourth-order valence-electron chi connectivity index (χ4n) is 4.75. The Kier molecular flexibility index (Phi) is 6.50. The number of benzene rings is 2. The van der Waals surface area contributed by atoms with Crippen molar-refractivity contribution in [3.05, 3.63) is 59.2 Å². The van der Waals surface area contributed by atoms with E-state index in [0.717, 1.165) is 35.8 Å². The number of likely N-dealkylation sites (tertiary alicyclic amines) is 1. The Hall–Kier alpha value is -3.72. The molecule has 9 heteroatoms. The van der Waals surface area contributed by atoms with Crippen LogP contribution in [-0.4, -0.2) is 65.7 Å². The van der Waals surface area contributed by atoms with Crippen LogP contribution in [-0.2, 0) is 16.2 Å². The molecule has 0 saturated carbocycles. The summed E-state index contributed by atoms with van der Waals surface area (Å²) in [6, 6.07) is 11.4. The van der Waals surface area contributed by atoms with Crippen molar-refractivity contribution in [1.82, 2.24) is 15.1 Å². The Balaban J connectivity index is 1.22. The zero-order valence-electron chi connectivity index (χ0n) is 19.3. The van der Waals surface area contributed by atoms with Crippen LogP contribution in [0.15, 0.2) is 42.5 Å². The molecular weight excluding hydrogens is 450 g/mol. The number of hydrogen-bond acceptors (Lipinski definition) is 7. The third-order valence-corrected chi connectivity index (χ3v) is 6.62. The van der Waals surface area contributed by atoms with Crippen LogP contribution in [0.1, 0.15) is 52.0 Å². The molecule has 3 aliphatic rings. The summed E-state index contributed by atoms with van der Waals surface area (Å²) in [4.78, 5) is 53.2. The molecule has 2 saturated heterocycles. The molecule has 4 amide bonds. The van der Waals surface area contributed by atoms with Crippen LogP contribution in [0.5, 0.6) is 11.5 Å². The van der Waals surface area contributed by atoms with Crippen molar-refractivity contribution in [2.45, 2.75) is 38.3 Å². The van der Waals surface area contributed by atoms with E-state index in [4.69, 9.17) is 9.47 Å². The van der Waals surface area contributed by atoms with Gasteiger partial charge in [0.1, 0.15) is 30.8 Å². The normalized spacial score (nSPS) is 20.2. The maximum absolute atomic E-state index is 13.1. The highest BCUT2D eigenvalue weighted by atomic mass is 16.5. The lowest BCUT2D eigenvalue weighted by molar-refractivity contribution is -0.136. The van der Waals surface area contributed by atoms with Crippen LogP contribution in [0, 0.1) is 0 Å². The van der Waals surface area contributed by atoms with Gasteiger partial charge >= 0.3 is 0 Å². The van der Waals surface area contributed by atoms with E-state index in [1.165, 1.54) is 12.8 Å². The first kappa shape index (κ1) is 23.0. The Morgan fingerprint density at radius 1 is 0.914 bits per heavy atom. The van der Waals surface area contributed by atoms with Crippen LogP contribution in [0.3, 0.4) is 0 Å². The highest BCUT2D eigenvalue weighted by Crippen LogP contribution is 2.34. The first-order valence-electron chi connectivity index (χ1n) is 11.9. The van der Waals surface area contributed by atoms with E-state index in [9.17, 15) is 19.2 Å². The van der Waals surface area contributed by atoms with Gasteiger partial charge in [0.05, 0.1) is 11.1 Å². The summed E-state index contributed by atoms with van der Waals surface area (Å²) in [5.74, 6) is -1.12. The van der Waals surface area contributed by atoms with E-state index in [1.807, 2.05) is 24.3 Å². The molecule has 0 radical (unpaired) electrons. The molecule has 2 fully saturated rings. The number of hydrogen-bond donors (Lipinski definition) is 1. The van der Waals surface area contributed by atoms with Gasteiger partial charge < -0.3 is 9.47 Å². The van der Waals surface area contributed by atoms with Crippen molar-refractivity contribution in [2.24, 2.45) is 0 Å². The SMILES string of the molecule is O=C1CCC(N2C(=O)c3cccc(OCc4ccc(OCCN5CCCC5)cc4)c3C2=O)C(=O)N1. The molecular formula is C26H27N3O6. The van der Waals surface area contributed by atoms with E-state index in [-0.39, 0.29) is 36.3 Å². The first-order chi connectivity index (χ1) is 17.0. The lowest BCUT2D eigenvalue weighted by atomic mass is 10.0. The van der Waals surface area contributed by atoms with Crippen molar-refractivity contribution in [3.63, 3.8) is 0 Å². The molecule has 5 rings (SSSR count). The summed E-state index contributed by atoms with van der Waals surface area (Å²) in [6.45, 7) is 4.05. The minimum absolute atomic E-state index is 0.0745. The minimum Gasteiger partial charge on any atom is -0.492 e. The molecule has 2 aromatic carbocycles. The Morgan fingerprint density at radius 2 is 1.69 bits per heavy atom. The lowest BCUT2D eigenvalue weighted by Gasteiger charge is -2.27. The summed E-state index contributed by atoms with van der Waals surface area (Å²) in [6.07, 6.45) is 2.70. The molecule has 0 spiro atoms. The average Bonchev–Trinajstić information content (AvgIpc) is 3.46. The molecule has 0 aliphatic carbocycles. The fourth-order valence-corrected chi connectivity index (χ4v) is 4.75. The number of carbonyl (C=O) groups is 4. The second-order valence-corrected chi connectivity index (χ2v) is 8.96. The molecule has 3 heterocycles. The number of rotatable bonds is 8. The maximum atomic E-state index is 13.1. The van der Waals surface area contributed by atoms with E-state index in [1.54, 1.807) is 18.2 Å². The van der Waals surface area contributed by atoms with E-state index < -0.39 is 29.7 Å². The molecule has 0 aromatic heterocycles. The second kappa shape index (κ2) is 9.87. The van der Waals surface area contributed by atoms with Crippen LogP contribution in [0.25, 0.3) is 0 Å². The van der Waals surface area contributed by atoms with Gasteiger partial charge in [0.2, 0.25) is 11.8 Å². The predicted octanol–water partition coefficient (Wildman–Crippen LogP) is 2.14. The standard InChI is InChI=1S/C26H27N3O6/c30-22-11-10-20(24(31)27-22)29-25(32)19-4-3-5-21(23(19)26(29)33)35-16-17-6-8-18(9-7-17)34-15-14-28-12-1-2-13-28/h3-9,20H,1-2,10-16H2,(H,27,30,31). The van der Waals surface area contributed by atoms with Gasteiger partial charge in [-0.3, -0.25) is 34.3 Å². The van der Waals surface area contributed by atoms with E-state index in [0.29, 0.717) is 6.61 Å². The maximum Gasteiger partial charge on any atom is 0.266 e. The molecule has 0 bridgehead atoms. The van der Waals surface area contributed by atoms with E-state index >= 15 is 0 Å². The summed E-state index contributed by atoms with van der Waals surface area (Å²) in [5, 5.41) is 2.20. The summed E-state index contributed by atoms with van der Waals surface area (Å²) < 4.78 is 11.8. The van der Waals surface area contributed by atoms with Crippen LogP contribution in [0.2, 0.25) is 0 Å². The quantitative estimate of drug-likeness (QED) is 0.581. The van der Waals surface area contributed by atoms with Crippen molar-refractivity contribution >= 4 is 23.6 Å². The summed E-state index contributed by atoms with van der Waals surface area (Å²) in [7, 11) is 0. The number of amides is 4. The number of piperidine rings is 1. The van der Waals surface area contributed by atoms with Crippen LogP contribution >= 0.6 is 0 Å². The average molecular weight is 478 g/mol. The fraction of sp³-hybridized carbons (Fsp3) is 0.385. The zero-order chi connectivity index (χ0) is 24.4. The molecule has 2 aromatic rings. The second-order valence-electron chi connectivity index (χ2n) is 8.96. The summed E-state index contributed by atoms with van der Waals surface area (Å²) >= 11 is 0. The lowest BCUT2D eigenvalue weighted by Crippen LogP contribution is -2.54. The van der Waals surface area contributed by atoms with Crippen molar-refractivity contribution in [3.8, 4) is 11.5 Å². The monoisotopic (exact) mass is 477 g/mol.